The minimum Gasteiger partial charge on any atom is -0.493 e. The number of carbonyl (C=O) groups is 2. The average Bonchev–Trinajstić information content (AvgIpc) is 2.61. The molecule has 1 amide bonds. The van der Waals surface area contributed by atoms with Crippen molar-refractivity contribution in [2.24, 2.45) is 0 Å². The lowest BCUT2D eigenvalue weighted by Gasteiger charge is -2.09. The first kappa shape index (κ1) is 18.5. The average molecular weight is 406 g/mol. The largest absolute Gasteiger partial charge is 0.493 e. The van der Waals surface area contributed by atoms with Crippen molar-refractivity contribution in [1.82, 2.24) is 5.32 Å². The van der Waals surface area contributed by atoms with E-state index in [0.717, 1.165) is 4.47 Å². The fraction of sp³-hybridized carbons (Fsp3) is 0.111. The molecule has 0 aromatic heterocycles. The molecule has 0 saturated carbocycles. The summed E-state index contributed by atoms with van der Waals surface area (Å²) in [5, 5.41) is 11.8. The first-order chi connectivity index (χ1) is 11.9. The molecule has 2 rings (SSSR count). The van der Waals surface area contributed by atoms with Crippen LogP contribution < -0.4 is 14.8 Å². The molecule has 0 aliphatic heterocycles. The zero-order valence-electron chi connectivity index (χ0n) is 13.6. The maximum Gasteiger partial charge on any atom is 0.352 e. The van der Waals surface area contributed by atoms with Crippen molar-refractivity contribution < 1.29 is 24.2 Å². The normalized spacial score (nSPS) is 10.9. The molecule has 2 aromatic rings. The van der Waals surface area contributed by atoms with Gasteiger partial charge >= 0.3 is 5.97 Å². The minimum absolute atomic E-state index is 0.250. The van der Waals surface area contributed by atoms with Crippen molar-refractivity contribution >= 4 is 33.9 Å². The van der Waals surface area contributed by atoms with Gasteiger partial charge in [-0.2, -0.15) is 0 Å². The molecule has 0 heterocycles. The summed E-state index contributed by atoms with van der Waals surface area (Å²) in [5.41, 5.74) is 0.647. The van der Waals surface area contributed by atoms with Gasteiger partial charge in [0.05, 0.1) is 14.2 Å². The Morgan fingerprint density at radius 2 is 1.68 bits per heavy atom. The molecule has 2 N–H and O–H groups in total. The molecule has 130 valence electrons. The van der Waals surface area contributed by atoms with Gasteiger partial charge in [0.15, 0.2) is 11.5 Å². The summed E-state index contributed by atoms with van der Waals surface area (Å²) in [6.07, 6.45) is 1.35. The lowest BCUT2D eigenvalue weighted by Crippen LogP contribution is -2.27. The molecule has 6 nitrogen and oxygen atoms in total. The minimum atomic E-state index is -1.25. The molecule has 2 aromatic carbocycles. The molecule has 0 fully saturated rings. The fourth-order valence-electron chi connectivity index (χ4n) is 2.06. The van der Waals surface area contributed by atoms with E-state index in [1.807, 2.05) is 0 Å². The van der Waals surface area contributed by atoms with E-state index in [2.05, 4.69) is 21.2 Å². The molecule has 0 aliphatic carbocycles. The van der Waals surface area contributed by atoms with Gasteiger partial charge in [-0.05, 0) is 48.0 Å². The van der Waals surface area contributed by atoms with Gasteiger partial charge in [-0.25, -0.2) is 4.79 Å². The first-order valence-electron chi connectivity index (χ1n) is 7.18. The van der Waals surface area contributed by atoms with Crippen molar-refractivity contribution in [1.29, 1.82) is 0 Å². The van der Waals surface area contributed by atoms with Crippen LogP contribution in [0.25, 0.3) is 6.08 Å². The molecular formula is C18H16BrNO5. The summed E-state index contributed by atoms with van der Waals surface area (Å²) in [7, 11) is 2.99. The zero-order valence-corrected chi connectivity index (χ0v) is 15.2. The molecule has 0 radical (unpaired) electrons. The van der Waals surface area contributed by atoms with Gasteiger partial charge in [-0.3, -0.25) is 4.79 Å². The van der Waals surface area contributed by atoms with Crippen LogP contribution in [-0.4, -0.2) is 31.2 Å². The standard InChI is InChI=1S/C18H16BrNO5/c1-24-15-8-3-11(10-16(15)25-2)9-14(18(22)23)20-17(21)12-4-6-13(19)7-5-12/h3-10H,1-2H3,(H,20,21)(H,22,23). The highest BCUT2D eigenvalue weighted by atomic mass is 79.9. The number of carbonyl (C=O) groups excluding carboxylic acids is 1. The number of rotatable bonds is 6. The Morgan fingerprint density at radius 3 is 2.24 bits per heavy atom. The Kier molecular flexibility index (Phi) is 6.19. The van der Waals surface area contributed by atoms with Crippen LogP contribution in [0.15, 0.2) is 52.6 Å². The van der Waals surface area contributed by atoms with Gasteiger partial charge in [0, 0.05) is 10.0 Å². The van der Waals surface area contributed by atoms with Gasteiger partial charge in [0.25, 0.3) is 5.91 Å². The monoisotopic (exact) mass is 405 g/mol. The van der Waals surface area contributed by atoms with E-state index in [9.17, 15) is 14.7 Å². The number of carboxylic acid groups (broad SMARTS) is 1. The number of ether oxygens (including phenoxy) is 2. The summed E-state index contributed by atoms with van der Waals surface area (Å²) >= 11 is 3.28. The van der Waals surface area contributed by atoms with E-state index in [1.165, 1.54) is 20.3 Å². The highest BCUT2D eigenvalue weighted by Gasteiger charge is 2.14. The van der Waals surface area contributed by atoms with E-state index in [1.54, 1.807) is 42.5 Å². The Balaban J connectivity index is 2.28. The van der Waals surface area contributed by atoms with Crippen LogP contribution in [0.2, 0.25) is 0 Å². The number of methoxy groups -OCH3 is 2. The summed E-state index contributed by atoms with van der Waals surface area (Å²) in [6.45, 7) is 0. The quantitative estimate of drug-likeness (QED) is 0.719. The van der Waals surface area contributed by atoms with E-state index >= 15 is 0 Å². The van der Waals surface area contributed by atoms with Gasteiger partial charge in [0.1, 0.15) is 5.70 Å². The number of halogens is 1. The third kappa shape index (κ3) is 4.84. The lowest BCUT2D eigenvalue weighted by molar-refractivity contribution is -0.132. The smallest absolute Gasteiger partial charge is 0.352 e. The maximum atomic E-state index is 12.2. The maximum absolute atomic E-state index is 12.2. The number of nitrogens with one attached hydrogen (secondary N) is 1. The SMILES string of the molecule is COc1ccc(C=C(NC(=O)c2ccc(Br)cc2)C(=O)O)cc1OC. The van der Waals surface area contributed by atoms with Crippen LogP contribution >= 0.6 is 15.9 Å². The van der Waals surface area contributed by atoms with E-state index in [4.69, 9.17) is 9.47 Å². The van der Waals surface area contributed by atoms with Gasteiger partial charge in [-0.1, -0.05) is 22.0 Å². The number of benzene rings is 2. The Hall–Kier alpha value is -2.80. The van der Waals surface area contributed by atoms with Crippen molar-refractivity contribution in [2.45, 2.75) is 0 Å². The molecule has 0 aliphatic rings. The number of carboxylic acids is 1. The second-order valence-electron chi connectivity index (χ2n) is 4.94. The lowest BCUT2D eigenvalue weighted by atomic mass is 10.1. The van der Waals surface area contributed by atoms with Crippen molar-refractivity contribution in [2.75, 3.05) is 14.2 Å². The number of hydrogen-bond donors (Lipinski definition) is 2. The van der Waals surface area contributed by atoms with Gasteiger partial charge in [0.2, 0.25) is 0 Å². The number of amides is 1. The first-order valence-corrected chi connectivity index (χ1v) is 7.98. The van der Waals surface area contributed by atoms with Crippen LogP contribution in [0.4, 0.5) is 0 Å². The molecular weight excluding hydrogens is 390 g/mol. The Morgan fingerprint density at radius 1 is 1.04 bits per heavy atom. The molecule has 0 bridgehead atoms. The zero-order chi connectivity index (χ0) is 18.4. The van der Waals surface area contributed by atoms with Gasteiger partial charge < -0.3 is 19.9 Å². The summed E-state index contributed by atoms with van der Waals surface area (Å²) < 4.78 is 11.1. The topological polar surface area (TPSA) is 84.9 Å². The predicted octanol–water partition coefficient (Wildman–Crippen LogP) is 3.32. The summed E-state index contributed by atoms with van der Waals surface area (Å²) in [5.74, 6) is -0.780. The van der Waals surface area contributed by atoms with Crippen LogP contribution in [0, 0.1) is 0 Å². The molecule has 25 heavy (non-hydrogen) atoms. The fourth-order valence-corrected chi connectivity index (χ4v) is 2.32. The number of aliphatic carboxylic acids is 1. The van der Waals surface area contributed by atoms with E-state index < -0.39 is 11.9 Å². The van der Waals surface area contributed by atoms with Crippen LogP contribution in [0.3, 0.4) is 0 Å². The Labute approximate surface area is 153 Å². The molecule has 0 atom stereocenters. The second kappa shape index (κ2) is 8.34. The third-order valence-electron chi connectivity index (χ3n) is 3.30. The molecule has 0 spiro atoms. The third-order valence-corrected chi connectivity index (χ3v) is 3.83. The van der Waals surface area contributed by atoms with Crippen LogP contribution in [-0.2, 0) is 4.79 Å². The highest BCUT2D eigenvalue weighted by Crippen LogP contribution is 2.28. The molecule has 7 heteroatoms. The van der Waals surface area contributed by atoms with Crippen molar-refractivity contribution in [3.63, 3.8) is 0 Å². The van der Waals surface area contributed by atoms with E-state index in [0.29, 0.717) is 22.6 Å². The summed E-state index contributed by atoms with van der Waals surface area (Å²) in [6, 6.07) is 11.5. The van der Waals surface area contributed by atoms with Crippen molar-refractivity contribution in [3.05, 3.63) is 63.8 Å². The molecule has 0 unspecified atom stereocenters. The second-order valence-corrected chi connectivity index (χ2v) is 5.85. The molecule has 0 saturated heterocycles. The van der Waals surface area contributed by atoms with E-state index in [-0.39, 0.29) is 5.70 Å². The van der Waals surface area contributed by atoms with Gasteiger partial charge in [-0.15, -0.1) is 0 Å². The van der Waals surface area contributed by atoms with Crippen LogP contribution in [0.1, 0.15) is 15.9 Å². The Bertz CT molecular complexity index is 815. The van der Waals surface area contributed by atoms with Crippen LogP contribution in [0.5, 0.6) is 11.5 Å². The number of hydrogen-bond acceptors (Lipinski definition) is 4. The highest BCUT2D eigenvalue weighted by molar-refractivity contribution is 9.10. The summed E-state index contributed by atoms with van der Waals surface area (Å²) in [4.78, 5) is 23.7. The predicted molar refractivity (Wildman–Crippen MR) is 96.8 cm³/mol. The van der Waals surface area contributed by atoms with Crippen molar-refractivity contribution in [3.8, 4) is 11.5 Å².